The highest BCUT2D eigenvalue weighted by Gasteiger charge is 2.29. The summed E-state index contributed by atoms with van der Waals surface area (Å²) < 4.78 is 41.6. The first-order valence-electron chi connectivity index (χ1n) is 7.08. The molecule has 0 aromatic carbocycles. The minimum absolute atomic E-state index is 0. The number of hydrogen-bond donors (Lipinski definition) is 2. The molecule has 2 aromatic rings. The number of aliphatic imine (C=N–C) groups is 1. The van der Waals surface area contributed by atoms with Crippen molar-refractivity contribution in [3.63, 3.8) is 0 Å². The molecule has 0 aliphatic rings. The predicted molar refractivity (Wildman–Crippen MR) is 103 cm³/mol. The van der Waals surface area contributed by atoms with Gasteiger partial charge >= 0.3 is 6.18 Å². The van der Waals surface area contributed by atoms with Gasteiger partial charge in [-0.1, -0.05) is 12.1 Å². The van der Waals surface area contributed by atoms with Crippen molar-refractivity contribution in [1.82, 2.24) is 15.6 Å². The molecule has 2 aromatic heterocycles. The van der Waals surface area contributed by atoms with Crippen molar-refractivity contribution in [1.29, 1.82) is 0 Å². The van der Waals surface area contributed by atoms with Gasteiger partial charge in [-0.25, -0.2) is 4.98 Å². The summed E-state index contributed by atoms with van der Waals surface area (Å²) in [6.45, 7) is -0.519. The zero-order valence-corrected chi connectivity index (χ0v) is 16.5. The van der Waals surface area contributed by atoms with Gasteiger partial charge in [0.05, 0.1) is 6.54 Å². The van der Waals surface area contributed by atoms with Crippen LogP contribution in [0.15, 0.2) is 40.8 Å². The fourth-order valence-corrected chi connectivity index (χ4v) is 2.47. The number of aromatic nitrogens is 1. The third-order valence-corrected chi connectivity index (χ3v) is 3.78. The summed E-state index contributed by atoms with van der Waals surface area (Å²) >= 11 is 1.62. The first-order chi connectivity index (χ1) is 11.5. The van der Waals surface area contributed by atoms with E-state index >= 15 is 0 Å². The Labute approximate surface area is 164 Å². The molecule has 138 valence electrons. The number of nitrogens with zero attached hydrogens (tertiary/aromatic N) is 2. The second-order valence-corrected chi connectivity index (χ2v) is 5.76. The van der Waals surface area contributed by atoms with Gasteiger partial charge in [-0.05, 0) is 17.5 Å². The van der Waals surface area contributed by atoms with Crippen molar-refractivity contribution >= 4 is 41.3 Å². The average Bonchev–Trinajstić information content (AvgIpc) is 3.06. The van der Waals surface area contributed by atoms with Gasteiger partial charge in [0, 0.05) is 30.2 Å². The van der Waals surface area contributed by atoms with Crippen molar-refractivity contribution in [2.24, 2.45) is 4.99 Å². The van der Waals surface area contributed by atoms with Crippen LogP contribution >= 0.6 is 35.3 Å². The zero-order chi connectivity index (χ0) is 17.4. The maximum atomic E-state index is 12.3. The number of ether oxygens (including phenoxy) is 1. The van der Waals surface area contributed by atoms with E-state index in [1.165, 1.54) is 6.20 Å². The van der Waals surface area contributed by atoms with Gasteiger partial charge in [0.1, 0.15) is 0 Å². The number of pyridine rings is 1. The number of hydrogen-bond acceptors (Lipinski definition) is 4. The fraction of sp³-hybridized carbons (Fsp3) is 0.333. The highest BCUT2D eigenvalue weighted by atomic mass is 127. The third kappa shape index (κ3) is 7.90. The highest BCUT2D eigenvalue weighted by Crippen LogP contribution is 2.19. The molecule has 0 amide bonds. The first kappa shape index (κ1) is 21.5. The van der Waals surface area contributed by atoms with Crippen LogP contribution in [0.2, 0.25) is 0 Å². The monoisotopic (exact) mass is 486 g/mol. The van der Waals surface area contributed by atoms with E-state index in [4.69, 9.17) is 4.74 Å². The van der Waals surface area contributed by atoms with Crippen LogP contribution < -0.4 is 15.4 Å². The van der Waals surface area contributed by atoms with Gasteiger partial charge in [-0.15, -0.1) is 35.3 Å². The molecule has 0 fully saturated rings. The van der Waals surface area contributed by atoms with E-state index in [1.54, 1.807) is 30.5 Å². The van der Waals surface area contributed by atoms with E-state index in [1.807, 2.05) is 17.5 Å². The number of thiophene rings is 1. The van der Waals surface area contributed by atoms with Crippen molar-refractivity contribution < 1.29 is 17.9 Å². The van der Waals surface area contributed by atoms with E-state index in [2.05, 4.69) is 20.6 Å². The summed E-state index contributed by atoms with van der Waals surface area (Å²) in [7, 11) is 1.62. The minimum atomic E-state index is -4.40. The van der Waals surface area contributed by atoms with Crippen molar-refractivity contribution in [3.05, 3.63) is 46.3 Å². The maximum absolute atomic E-state index is 12.3. The highest BCUT2D eigenvalue weighted by molar-refractivity contribution is 14.0. The number of alkyl halides is 3. The zero-order valence-electron chi connectivity index (χ0n) is 13.3. The number of rotatable bonds is 6. The molecule has 2 rings (SSSR count). The van der Waals surface area contributed by atoms with Gasteiger partial charge in [0.2, 0.25) is 5.88 Å². The minimum Gasteiger partial charge on any atom is -0.468 e. The smallest absolute Gasteiger partial charge is 0.422 e. The molecule has 10 heteroatoms. The Hall–Kier alpha value is -1.56. The Morgan fingerprint density at radius 1 is 1.24 bits per heavy atom. The SMILES string of the molecule is CN=C(NCc1cccs1)NCc1cccnc1OCC(F)(F)F.I. The van der Waals surface area contributed by atoms with Gasteiger partial charge in [-0.3, -0.25) is 4.99 Å². The summed E-state index contributed by atoms with van der Waals surface area (Å²) in [5.74, 6) is 0.491. The van der Waals surface area contributed by atoms with E-state index < -0.39 is 12.8 Å². The fourth-order valence-electron chi connectivity index (χ4n) is 1.82. The normalized spacial score (nSPS) is 11.6. The molecule has 0 spiro atoms. The molecule has 0 atom stereocenters. The summed E-state index contributed by atoms with van der Waals surface area (Å²) in [4.78, 5) is 9.07. The molecular formula is C15H18F3IN4OS. The topological polar surface area (TPSA) is 58.5 Å². The molecule has 0 bridgehead atoms. The van der Waals surface area contributed by atoms with Crippen LogP contribution in [0.3, 0.4) is 0 Å². The standard InChI is InChI=1S/C15H17F3N4OS.HI/c1-19-14(22-9-12-5-3-7-24-12)21-8-11-4-2-6-20-13(11)23-10-15(16,17)18;/h2-7H,8-10H2,1H3,(H2,19,21,22);1H. The van der Waals surface area contributed by atoms with Crippen molar-refractivity contribution in [2.75, 3.05) is 13.7 Å². The van der Waals surface area contributed by atoms with Crippen LogP contribution in [0.25, 0.3) is 0 Å². The van der Waals surface area contributed by atoms with Crippen LogP contribution in [-0.2, 0) is 13.1 Å². The molecule has 0 saturated heterocycles. The Morgan fingerprint density at radius 3 is 2.64 bits per heavy atom. The Morgan fingerprint density at radius 2 is 2.00 bits per heavy atom. The van der Waals surface area contributed by atoms with E-state index in [9.17, 15) is 13.2 Å². The molecule has 0 aliphatic heterocycles. The van der Waals surface area contributed by atoms with E-state index in [0.29, 0.717) is 18.1 Å². The molecule has 0 saturated carbocycles. The maximum Gasteiger partial charge on any atom is 0.422 e. The first-order valence-corrected chi connectivity index (χ1v) is 7.96. The lowest BCUT2D eigenvalue weighted by atomic mass is 10.2. The second-order valence-electron chi connectivity index (χ2n) is 4.73. The quantitative estimate of drug-likeness (QED) is 0.373. The van der Waals surface area contributed by atoms with Crippen molar-refractivity contribution in [2.45, 2.75) is 19.3 Å². The molecular weight excluding hydrogens is 468 g/mol. The number of halogens is 4. The predicted octanol–water partition coefficient (Wildman–Crippen LogP) is 3.57. The van der Waals surface area contributed by atoms with Crippen LogP contribution in [0.5, 0.6) is 5.88 Å². The van der Waals surface area contributed by atoms with Crippen LogP contribution in [-0.4, -0.2) is 30.8 Å². The lowest BCUT2D eigenvalue weighted by molar-refractivity contribution is -0.154. The van der Waals surface area contributed by atoms with Gasteiger partial charge in [0.25, 0.3) is 0 Å². The number of nitrogens with one attached hydrogen (secondary N) is 2. The summed E-state index contributed by atoms with van der Waals surface area (Å²) in [5.41, 5.74) is 0.515. The van der Waals surface area contributed by atoms with Gasteiger partial charge in [-0.2, -0.15) is 13.2 Å². The van der Waals surface area contributed by atoms with Gasteiger partial charge in [0.15, 0.2) is 12.6 Å². The molecule has 2 N–H and O–H groups in total. The Balaban J connectivity index is 0.00000312. The van der Waals surface area contributed by atoms with E-state index in [0.717, 1.165) is 4.88 Å². The van der Waals surface area contributed by atoms with E-state index in [-0.39, 0.29) is 36.4 Å². The van der Waals surface area contributed by atoms with Crippen molar-refractivity contribution in [3.8, 4) is 5.88 Å². The largest absolute Gasteiger partial charge is 0.468 e. The van der Waals surface area contributed by atoms with Crippen LogP contribution in [0.4, 0.5) is 13.2 Å². The molecule has 0 aliphatic carbocycles. The third-order valence-electron chi connectivity index (χ3n) is 2.90. The number of guanidine groups is 1. The lowest BCUT2D eigenvalue weighted by Crippen LogP contribution is -2.36. The molecule has 25 heavy (non-hydrogen) atoms. The second kappa shape index (κ2) is 10.4. The summed E-state index contributed by atoms with van der Waals surface area (Å²) in [6, 6.07) is 7.24. The summed E-state index contributed by atoms with van der Waals surface area (Å²) in [5, 5.41) is 8.13. The molecule has 0 unspecified atom stereocenters. The lowest BCUT2D eigenvalue weighted by Gasteiger charge is -2.14. The molecule has 0 radical (unpaired) electrons. The van der Waals surface area contributed by atoms with Crippen LogP contribution in [0, 0.1) is 0 Å². The van der Waals surface area contributed by atoms with Gasteiger partial charge < -0.3 is 15.4 Å². The Kier molecular flexibility index (Phi) is 8.97. The summed E-state index contributed by atoms with van der Waals surface area (Å²) in [6.07, 6.45) is -3.01. The molecule has 5 nitrogen and oxygen atoms in total. The van der Waals surface area contributed by atoms with Crippen LogP contribution in [0.1, 0.15) is 10.4 Å². The molecule has 2 heterocycles. The Bertz CT molecular complexity index is 665. The average molecular weight is 486 g/mol.